The lowest BCUT2D eigenvalue weighted by Crippen LogP contribution is -2.05. The molecule has 3 aromatic rings. The zero-order valence-corrected chi connectivity index (χ0v) is 15.2. The van der Waals surface area contributed by atoms with Crippen LogP contribution in [0.3, 0.4) is 0 Å². The van der Waals surface area contributed by atoms with Crippen molar-refractivity contribution in [2.24, 2.45) is 0 Å². The van der Waals surface area contributed by atoms with Crippen LogP contribution in [0, 0.1) is 29.8 Å². The Morgan fingerprint density at radius 2 is 1.59 bits per heavy atom. The smallest absolute Gasteiger partial charge is 0.334 e. The van der Waals surface area contributed by atoms with Crippen molar-refractivity contribution in [3.8, 4) is 0 Å². The van der Waals surface area contributed by atoms with Gasteiger partial charge in [-0.15, -0.1) is 0 Å². The van der Waals surface area contributed by atoms with Gasteiger partial charge in [0.15, 0.2) is 0 Å². The molecule has 0 radical (unpaired) electrons. The van der Waals surface area contributed by atoms with E-state index in [-0.39, 0.29) is 22.3 Å². The summed E-state index contributed by atoms with van der Waals surface area (Å²) in [6, 6.07) is 9.47. The van der Waals surface area contributed by atoms with Gasteiger partial charge >= 0.3 is 5.69 Å². The highest BCUT2D eigenvalue weighted by Gasteiger charge is 2.23. The van der Waals surface area contributed by atoms with Gasteiger partial charge < -0.3 is 10.6 Å². The lowest BCUT2D eigenvalue weighted by molar-refractivity contribution is -0.383. The molecule has 9 heteroatoms. The molecule has 0 saturated heterocycles. The molecule has 0 saturated carbocycles. The van der Waals surface area contributed by atoms with Gasteiger partial charge in [0.2, 0.25) is 11.6 Å². The maximum atomic E-state index is 13.3. The van der Waals surface area contributed by atoms with Crippen LogP contribution >= 0.6 is 11.6 Å². The molecule has 0 fully saturated rings. The molecule has 0 aliphatic carbocycles. The highest BCUT2D eigenvalue weighted by atomic mass is 35.5. The maximum Gasteiger partial charge on any atom is 0.353 e. The van der Waals surface area contributed by atoms with Crippen molar-refractivity contribution in [1.82, 2.24) is 9.97 Å². The molecule has 0 bridgehead atoms. The average molecular weight is 388 g/mol. The molecule has 0 spiro atoms. The Bertz CT molecular complexity index is 957. The fourth-order valence-corrected chi connectivity index (χ4v) is 2.58. The Balaban J connectivity index is 1.97. The number of nitrogens with one attached hydrogen (secondary N) is 2. The summed E-state index contributed by atoms with van der Waals surface area (Å²) in [5.74, 6) is -0.588. The summed E-state index contributed by atoms with van der Waals surface area (Å²) >= 11 is 5.75. The fraction of sp³-hybridized carbons (Fsp3) is 0.111. The monoisotopic (exact) mass is 387 g/mol. The molecule has 0 unspecified atom stereocenters. The number of rotatable bonds is 5. The largest absolute Gasteiger partial charge is 0.353 e. The molecular formula is C18H15ClFN5O2. The summed E-state index contributed by atoms with van der Waals surface area (Å²) in [5, 5.41) is 17.3. The standard InChI is InChI=1S/C18H15ClFN5O2/c1-10-3-4-12(7-11(10)2)23-17-16(25(26)27)18(22-9-21-17)24-13-5-6-15(20)14(19)8-13/h3-9H,1-2H3,(H2,21,22,23,24). The number of benzene rings is 2. The van der Waals surface area contributed by atoms with E-state index in [1.807, 2.05) is 26.0 Å². The maximum absolute atomic E-state index is 13.3. The second-order valence-electron chi connectivity index (χ2n) is 5.85. The van der Waals surface area contributed by atoms with Crippen LogP contribution < -0.4 is 10.6 Å². The van der Waals surface area contributed by atoms with Crippen LogP contribution in [0.15, 0.2) is 42.7 Å². The Hall–Kier alpha value is -3.26. The average Bonchev–Trinajstić information content (AvgIpc) is 2.61. The second-order valence-corrected chi connectivity index (χ2v) is 6.26. The molecule has 7 nitrogen and oxygen atoms in total. The van der Waals surface area contributed by atoms with Crippen molar-refractivity contribution in [1.29, 1.82) is 0 Å². The van der Waals surface area contributed by atoms with E-state index in [0.29, 0.717) is 11.4 Å². The molecule has 2 aromatic carbocycles. The fourth-order valence-electron chi connectivity index (χ4n) is 2.40. The molecule has 0 aliphatic rings. The minimum absolute atomic E-state index is 0.0361. The van der Waals surface area contributed by atoms with Gasteiger partial charge in [0.25, 0.3) is 0 Å². The van der Waals surface area contributed by atoms with E-state index in [0.717, 1.165) is 17.2 Å². The normalized spacial score (nSPS) is 10.5. The van der Waals surface area contributed by atoms with Crippen LogP contribution in [-0.2, 0) is 0 Å². The number of anilines is 4. The Labute approximate surface area is 159 Å². The lowest BCUT2D eigenvalue weighted by Gasteiger charge is -2.11. The van der Waals surface area contributed by atoms with Gasteiger partial charge in [0.05, 0.1) is 9.95 Å². The van der Waals surface area contributed by atoms with Crippen LogP contribution in [0.2, 0.25) is 5.02 Å². The molecule has 2 N–H and O–H groups in total. The van der Waals surface area contributed by atoms with E-state index in [4.69, 9.17) is 11.6 Å². The zero-order valence-electron chi connectivity index (χ0n) is 14.5. The lowest BCUT2D eigenvalue weighted by atomic mass is 10.1. The summed E-state index contributed by atoms with van der Waals surface area (Å²) in [4.78, 5) is 19.0. The van der Waals surface area contributed by atoms with Crippen LogP contribution in [-0.4, -0.2) is 14.9 Å². The zero-order chi connectivity index (χ0) is 19.6. The van der Waals surface area contributed by atoms with E-state index in [1.54, 1.807) is 6.07 Å². The first-order chi connectivity index (χ1) is 12.8. The van der Waals surface area contributed by atoms with Crippen molar-refractivity contribution in [3.05, 3.63) is 74.8 Å². The van der Waals surface area contributed by atoms with Crippen molar-refractivity contribution in [2.45, 2.75) is 13.8 Å². The number of aromatic nitrogens is 2. The van der Waals surface area contributed by atoms with E-state index >= 15 is 0 Å². The van der Waals surface area contributed by atoms with Gasteiger partial charge in [-0.3, -0.25) is 10.1 Å². The summed E-state index contributed by atoms with van der Waals surface area (Å²) < 4.78 is 13.3. The molecule has 3 rings (SSSR count). The number of halogens is 2. The van der Waals surface area contributed by atoms with Crippen molar-refractivity contribution >= 4 is 40.3 Å². The number of nitro groups is 1. The first-order valence-electron chi connectivity index (χ1n) is 7.91. The Kier molecular flexibility index (Phi) is 5.18. The third-order valence-corrected chi connectivity index (χ3v) is 4.25. The Morgan fingerprint density at radius 1 is 1.00 bits per heavy atom. The first-order valence-corrected chi connectivity index (χ1v) is 8.28. The van der Waals surface area contributed by atoms with Crippen LogP contribution in [0.5, 0.6) is 0 Å². The number of hydrogen-bond acceptors (Lipinski definition) is 6. The second kappa shape index (κ2) is 7.55. The summed E-state index contributed by atoms with van der Waals surface area (Å²) in [6.45, 7) is 3.92. The van der Waals surface area contributed by atoms with Gasteiger partial charge in [0, 0.05) is 11.4 Å². The molecule has 27 heavy (non-hydrogen) atoms. The van der Waals surface area contributed by atoms with Crippen molar-refractivity contribution in [3.63, 3.8) is 0 Å². The SMILES string of the molecule is Cc1ccc(Nc2ncnc(Nc3ccc(F)c(Cl)c3)c2[N+](=O)[O-])cc1C. The number of hydrogen-bond donors (Lipinski definition) is 2. The van der Waals surface area contributed by atoms with Gasteiger partial charge in [0.1, 0.15) is 12.1 Å². The first kappa shape index (κ1) is 18.5. The van der Waals surface area contributed by atoms with Crippen LogP contribution in [0.1, 0.15) is 11.1 Å². The number of nitrogens with zero attached hydrogens (tertiary/aromatic N) is 3. The van der Waals surface area contributed by atoms with Gasteiger partial charge in [-0.05, 0) is 55.3 Å². The molecule has 0 amide bonds. The minimum atomic E-state index is -0.587. The van der Waals surface area contributed by atoms with Crippen molar-refractivity contribution < 1.29 is 9.31 Å². The summed E-state index contributed by atoms with van der Waals surface area (Å²) in [5.41, 5.74) is 2.83. The van der Waals surface area contributed by atoms with Gasteiger partial charge in [-0.2, -0.15) is 0 Å². The molecule has 0 atom stereocenters. The Morgan fingerprint density at radius 3 is 2.15 bits per heavy atom. The van der Waals surface area contributed by atoms with Gasteiger partial charge in [-0.25, -0.2) is 14.4 Å². The van der Waals surface area contributed by atoms with E-state index in [9.17, 15) is 14.5 Å². The highest BCUT2D eigenvalue weighted by Crippen LogP contribution is 2.33. The van der Waals surface area contributed by atoms with Crippen LogP contribution in [0.4, 0.5) is 33.1 Å². The molecular weight excluding hydrogens is 373 g/mol. The summed E-state index contributed by atoms with van der Waals surface area (Å²) in [6.07, 6.45) is 1.20. The molecule has 1 heterocycles. The molecule has 1 aromatic heterocycles. The quantitative estimate of drug-likeness (QED) is 0.457. The topological polar surface area (TPSA) is 93.0 Å². The minimum Gasteiger partial charge on any atom is -0.334 e. The van der Waals surface area contributed by atoms with E-state index in [2.05, 4.69) is 20.6 Å². The van der Waals surface area contributed by atoms with Crippen molar-refractivity contribution in [2.75, 3.05) is 10.6 Å². The third kappa shape index (κ3) is 4.12. The third-order valence-electron chi connectivity index (χ3n) is 3.96. The van der Waals surface area contributed by atoms with Gasteiger partial charge in [-0.1, -0.05) is 17.7 Å². The highest BCUT2D eigenvalue weighted by molar-refractivity contribution is 6.31. The molecule has 138 valence electrons. The van der Waals surface area contributed by atoms with E-state index in [1.165, 1.54) is 18.5 Å². The predicted molar refractivity (Wildman–Crippen MR) is 103 cm³/mol. The van der Waals surface area contributed by atoms with Crippen LogP contribution in [0.25, 0.3) is 0 Å². The summed E-state index contributed by atoms with van der Waals surface area (Å²) in [7, 11) is 0. The predicted octanol–water partition coefficient (Wildman–Crippen LogP) is 5.28. The number of aryl methyl sites for hydroxylation is 2. The molecule has 0 aliphatic heterocycles. The van der Waals surface area contributed by atoms with E-state index < -0.39 is 10.7 Å².